The molecule has 0 saturated carbocycles. The number of para-hydroxylation sites is 1. The molecular formula is C33H40N4O. The number of benzene rings is 2. The minimum atomic E-state index is -0.191. The number of hydrogen-bond donors (Lipinski definition) is 2. The SMILES string of the molecule is CC(C)(C)c1cc(Nc2ccccc2CN(Cc2ccccn2)Cc2ccccn2)c(O)c(C(C)(C)C)c1. The van der Waals surface area contributed by atoms with E-state index in [4.69, 9.17) is 0 Å². The summed E-state index contributed by atoms with van der Waals surface area (Å²) in [6.45, 7) is 15.1. The highest BCUT2D eigenvalue weighted by atomic mass is 16.3. The fourth-order valence-electron chi connectivity index (χ4n) is 4.51. The smallest absolute Gasteiger partial charge is 0.142 e. The number of phenolic OH excluding ortho intramolecular Hbond substituents is 1. The number of aromatic nitrogens is 2. The maximum atomic E-state index is 11.3. The lowest BCUT2D eigenvalue weighted by molar-refractivity contribution is 0.242. The minimum absolute atomic E-state index is 0.0498. The second-order valence-corrected chi connectivity index (χ2v) is 12.0. The number of hydrogen-bond acceptors (Lipinski definition) is 5. The van der Waals surface area contributed by atoms with Crippen molar-refractivity contribution < 1.29 is 5.11 Å². The van der Waals surface area contributed by atoms with Crippen molar-refractivity contribution in [2.24, 2.45) is 0 Å². The molecule has 4 aromatic rings. The third kappa shape index (κ3) is 6.99. The first-order chi connectivity index (χ1) is 18.0. The number of nitrogens with zero attached hydrogens (tertiary/aromatic N) is 3. The Labute approximate surface area is 227 Å². The molecule has 0 aliphatic rings. The summed E-state index contributed by atoms with van der Waals surface area (Å²) in [4.78, 5) is 11.5. The largest absolute Gasteiger partial charge is 0.505 e. The molecule has 2 aromatic heterocycles. The molecule has 0 bridgehead atoms. The summed E-state index contributed by atoms with van der Waals surface area (Å²) in [6.07, 6.45) is 3.67. The van der Waals surface area contributed by atoms with Gasteiger partial charge in [-0.25, -0.2) is 0 Å². The van der Waals surface area contributed by atoms with Crippen molar-refractivity contribution in [3.8, 4) is 5.75 Å². The molecule has 0 atom stereocenters. The first-order valence-corrected chi connectivity index (χ1v) is 13.3. The molecule has 38 heavy (non-hydrogen) atoms. The molecule has 0 aliphatic carbocycles. The molecule has 198 valence electrons. The maximum Gasteiger partial charge on any atom is 0.142 e. The van der Waals surface area contributed by atoms with Crippen LogP contribution in [-0.2, 0) is 30.5 Å². The third-order valence-electron chi connectivity index (χ3n) is 6.69. The number of rotatable bonds is 8. The lowest BCUT2D eigenvalue weighted by Crippen LogP contribution is -2.24. The first-order valence-electron chi connectivity index (χ1n) is 13.3. The van der Waals surface area contributed by atoms with Crippen LogP contribution in [0, 0.1) is 0 Å². The van der Waals surface area contributed by atoms with E-state index in [1.807, 2.05) is 42.7 Å². The number of anilines is 2. The van der Waals surface area contributed by atoms with Crippen molar-refractivity contribution >= 4 is 11.4 Å². The Bertz CT molecular complexity index is 1300. The van der Waals surface area contributed by atoms with E-state index < -0.39 is 0 Å². The maximum absolute atomic E-state index is 11.3. The molecule has 5 nitrogen and oxygen atoms in total. The Hall–Kier alpha value is -3.70. The molecule has 0 fully saturated rings. The summed E-state index contributed by atoms with van der Waals surface area (Å²) in [6, 6.07) is 24.6. The van der Waals surface area contributed by atoms with Gasteiger partial charge in [0.15, 0.2) is 0 Å². The third-order valence-corrected chi connectivity index (χ3v) is 6.69. The predicted octanol–water partition coefficient (Wildman–Crippen LogP) is 7.72. The minimum Gasteiger partial charge on any atom is -0.505 e. The van der Waals surface area contributed by atoms with Crippen LogP contribution >= 0.6 is 0 Å². The zero-order valence-electron chi connectivity index (χ0n) is 23.5. The van der Waals surface area contributed by atoms with Crippen molar-refractivity contribution in [2.45, 2.75) is 72.0 Å². The number of phenols is 1. The van der Waals surface area contributed by atoms with Crippen LogP contribution in [0.15, 0.2) is 85.2 Å². The van der Waals surface area contributed by atoms with Crippen molar-refractivity contribution in [1.82, 2.24) is 14.9 Å². The molecule has 2 N–H and O–H groups in total. The summed E-state index contributed by atoms with van der Waals surface area (Å²) >= 11 is 0. The molecule has 0 spiro atoms. The Morgan fingerprint density at radius 2 is 1.26 bits per heavy atom. The molecule has 0 amide bonds. The monoisotopic (exact) mass is 508 g/mol. The van der Waals surface area contributed by atoms with Gasteiger partial charge in [0.05, 0.1) is 17.1 Å². The Morgan fingerprint density at radius 3 is 1.79 bits per heavy atom. The van der Waals surface area contributed by atoms with Gasteiger partial charge in [0.1, 0.15) is 5.75 Å². The lowest BCUT2D eigenvalue weighted by atomic mass is 9.79. The topological polar surface area (TPSA) is 61.3 Å². The van der Waals surface area contributed by atoms with Crippen LogP contribution < -0.4 is 5.32 Å². The van der Waals surface area contributed by atoms with Crippen molar-refractivity contribution in [3.63, 3.8) is 0 Å². The highest BCUT2D eigenvalue weighted by molar-refractivity contribution is 5.72. The highest BCUT2D eigenvalue weighted by Crippen LogP contribution is 2.41. The second kappa shape index (κ2) is 11.4. The van der Waals surface area contributed by atoms with Crippen LogP contribution in [0.1, 0.15) is 69.6 Å². The summed E-state index contributed by atoms with van der Waals surface area (Å²) in [5.41, 5.74) is 6.76. The Morgan fingerprint density at radius 1 is 0.684 bits per heavy atom. The van der Waals surface area contributed by atoms with E-state index in [2.05, 4.69) is 104 Å². The molecule has 0 radical (unpaired) electrons. The zero-order chi connectivity index (χ0) is 27.3. The molecule has 0 saturated heterocycles. The highest BCUT2D eigenvalue weighted by Gasteiger charge is 2.25. The van der Waals surface area contributed by atoms with Gasteiger partial charge in [0, 0.05) is 43.3 Å². The number of aromatic hydroxyl groups is 1. The van der Waals surface area contributed by atoms with E-state index in [9.17, 15) is 5.11 Å². The molecular weight excluding hydrogens is 468 g/mol. The van der Waals surface area contributed by atoms with Gasteiger partial charge in [0.25, 0.3) is 0 Å². The van der Waals surface area contributed by atoms with E-state index in [1.54, 1.807) is 0 Å². The Balaban J connectivity index is 1.68. The van der Waals surface area contributed by atoms with Crippen LogP contribution in [0.25, 0.3) is 0 Å². The molecule has 4 rings (SSSR count). The standard InChI is InChI=1S/C33H40N4O/c1-32(2,3)25-19-28(33(4,5)6)31(38)30(20-25)36-29-16-8-7-13-24(29)21-37(22-26-14-9-11-17-34-26)23-27-15-10-12-18-35-27/h7-20,36,38H,21-23H2,1-6H3. The summed E-state index contributed by atoms with van der Waals surface area (Å²) in [5.74, 6) is 0.305. The van der Waals surface area contributed by atoms with Crippen molar-refractivity contribution in [3.05, 3.63) is 113 Å². The van der Waals surface area contributed by atoms with Gasteiger partial charge in [-0.15, -0.1) is 0 Å². The number of nitrogens with one attached hydrogen (secondary N) is 1. The van der Waals surface area contributed by atoms with Crippen LogP contribution in [0.5, 0.6) is 5.75 Å². The van der Waals surface area contributed by atoms with Gasteiger partial charge in [-0.1, -0.05) is 77.9 Å². The van der Waals surface area contributed by atoms with Crippen LogP contribution in [0.3, 0.4) is 0 Å². The van der Waals surface area contributed by atoms with Crippen LogP contribution in [0.2, 0.25) is 0 Å². The van der Waals surface area contributed by atoms with Crippen molar-refractivity contribution in [1.29, 1.82) is 0 Å². The van der Waals surface area contributed by atoms with E-state index in [-0.39, 0.29) is 10.8 Å². The molecule has 0 unspecified atom stereocenters. The Kier molecular flexibility index (Phi) is 8.17. The first kappa shape index (κ1) is 27.3. The van der Waals surface area contributed by atoms with E-state index in [0.717, 1.165) is 33.9 Å². The van der Waals surface area contributed by atoms with Gasteiger partial charge in [-0.2, -0.15) is 0 Å². The summed E-state index contributed by atoms with van der Waals surface area (Å²) < 4.78 is 0. The summed E-state index contributed by atoms with van der Waals surface area (Å²) in [5, 5.41) is 14.9. The zero-order valence-corrected chi connectivity index (χ0v) is 23.5. The normalized spacial score (nSPS) is 12.1. The quantitative estimate of drug-likeness (QED) is 0.239. The lowest BCUT2D eigenvalue weighted by Gasteiger charge is -2.28. The van der Waals surface area contributed by atoms with E-state index in [0.29, 0.717) is 25.4 Å². The van der Waals surface area contributed by atoms with Gasteiger partial charge >= 0.3 is 0 Å². The molecule has 2 heterocycles. The fraction of sp³-hybridized carbons (Fsp3) is 0.333. The predicted molar refractivity (Wildman–Crippen MR) is 157 cm³/mol. The number of pyridine rings is 2. The van der Waals surface area contributed by atoms with Gasteiger partial charge < -0.3 is 10.4 Å². The van der Waals surface area contributed by atoms with E-state index >= 15 is 0 Å². The van der Waals surface area contributed by atoms with Crippen LogP contribution in [-0.4, -0.2) is 20.0 Å². The van der Waals surface area contributed by atoms with Crippen LogP contribution in [0.4, 0.5) is 11.4 Å². The average Bonchev–Trinajstić information content (AvgIpc) is 2.86. The van der Waals surface area contributed by atoms with Gasteiger partial charge in [-0.3, -0.25) is 14.9 Å². The average molecular weight is 509 g/mol. The van der Waals surface area contributed by atoms with Gasteiger partial charge in [0.2, 0.25) is 0 Å². The molecule has 2 aromatic carbocycles. The molecule has 5 heteroatoms. The van der Waals surface area contributed by atoms with Crippen molar-refractivity contribution in [2.75, 3.05) is 5.32 Å². The molecule has 0 aliphatic heterocycles. The van der Waals surface area contributed by atoms with E-state index in [1.165, 1.54) is 5.56 Å². The van der Waals surface area contributed by atoms with Gasteiger partial charge in [-0.05, 0) is 58.4 Å². The second-order valence-electron chi connectivity index (χ2n) is 12.0. The summed E-state index contributed by atoms with van der Waals surface area (Å²) in [7, 11) is 0. The fourth-order valence-corrected chi connectivity index (χ4v) is 4.51.